The quantitative estimate of drug-likeness (QED) is 0.747. The Hall–Kier alpha value is -1.71. The second-order valence-corrected chi connectivity index (χ2v) is 7.66. The zero-order valence-electron chi connectivity index (χ0n) is 13.1. The van der Waals surface area contributed by atoms with E-state index in [1.165, 1.54) is 19.3 Å². The highest BCUT2D eigenvalue weighted by Gasteiger charge is 2.59. The second kappa shape index (κ2) is 4.39. The molecule has 0 aromatic heterocycles. The molecule has 2 fully saturated rings. The Labute approximate surface area is 126 Å². The minimum atomic E-state index is -0.413. The summed E-state index contributed by atoms with van der Waals surface area (Å²) in [4.78, 5) is 11.6. The lowest BCUT2D eigenvalue weighted by atomic mass is 9.68. The van der Waals surface area contributed by atoms with Crippen LogP contribution in [0.15, 0.2) is 18.2 Å². The summed E-state index contributed by atoms with van der Waals surface area (Å²) in [7, 11) is 0. The number of nitrogens with two attached hydrogens (primary N) is 2. The molecule has 3 rings (SSSR count). The van der Waals surface area contributed by atoms with Gasteiger partial charge in [-0.3, -0.25) is 4.79 Å². The standard InChI is InChI=1S/C17H25N3O/c1-16(2)10-6-7-17(3,9-10)15(16)20-13-8-11(18)4-5-12(13)14(19)21/h4-5,8,10,15,20H,6-7,9,18H2,1-3H3,(H2,19,21). The summed E-state index contributed by atoms with van der Waals surface area (Å²) in [6.45, 7) is 7.02. The van der Waals surface area contributed by atoms with Gasteiger partial charge in [-0.05, 0) is 54.2 Å². The van der Waals surface area contributed by atoms with E-state index in [0.29, 0.717) is 17.3 Å². The summed E-state index contributed by atoms with van der Waals surface area (Å²) in [6, 6.07) is 5.59. The summed E-state index contributed by atoms with van der Waals surface area (Å²) < 4.78 is 0. The lowest BCUT2D eigenvalue weighted by molar-refractivity contribution is 0.1000. The van der Waals surface area contributed by atoms with Crippen molar-refractivity contribution in [3.05, 3.63) is 23.8 Å². The van der Waals surface area contributed by atoms with Gasteiger partial charge < -0.3 is 16.8 Å². The van der Waals surface area contributed by atoms with E-state index >= 15 is 0 Å². The van der Waals surface area contributed by atoms with E-state index in [4.69, 9.17) is 11.5 Å². The number of hydrogen-bond acceptors (Lipinski definition) is 3. The van der Waals surface area contributed by atoms with Gasteiger partial charge >= 0.3 is 0 Å². The minimum absolute atomic E-state index is 0.215. The molecule has 1 amide bonds. The lowest BCUT2D eigenvalue weighted by Crippen LogP contribution is -2.46. The summed E-state index contributed by atoms with van der Waals surface area (Å²) in [5.74, 6) is 0.335. The zero-order chi connectivity index (χ0) is 15.4. The Bertz CT molecular complexity index is 591. The fourth-order valence-electron chi connectivity index (χ4n) is 4.71. The molecule has 3 atom stereocenters. The molecule has 3 unspecified atom stereocenters. The van der Waals surface area contributed by atoms with Gasteiger partial charge in [-0.25, -0.2) is 0 Å². The molecule has 0 radical (unpaired) electrons. The van der Waals surface area contributed by atoms with Crippen LogP contribution in [0.3, 0.4) is 0 Å². The molecule has 0 saturated heterocycles. The first-order chi connectivity index (χ1) is 9.74. The monoisotopic (exact) mass is 287 g/mol. The average molecular weight is 287 g/mol. The van der Waals surface area contributed by atoms with Crippen LogP contribution in [0.25, 0.3) is 0 Å². The first-order valence-electron chi connectivity index (χ1n) is 7.70. The number of carbonyl (C=O) groups is 1. The van der Waals surface area contributed by atoms with Gasteiger partial charge in [0.2, 0.25) is 0 Å². The van der Waals surface area contributed by atoms with Crippen LogP contribution >= 0.6 is 0 Å². The van der Waals surface area contributed by atoms with Gasteiger partial charge in [-0.15, -0.1) is 0 Å². The van der Waals surface area contributed by atoms with E-state index in [0.717, 1.165) is 11.6 Å². The van der Waals surface area contributed by atoms with Crippen molar-refractivity contribution in [2.75, 3.05) is 11.1 Å². The number of carbonyl (C=O) groups excluding carboxylic acids is 1. The molecular weight excluding hydrogens is 262 g/mol. The van der Waals surface area contributed by atoms with Crippen LogP contribution in [0, 0.1) is 16.7 Å². The maximum Gasteiger partial charge on any atom is 0.250 e. The van der Waals surface area contributed by atoms with Gasteiger partial charge in [0.1, 0.15) is 0 Å². The van der Waals surface area contributed by atoms with Crippen molar-refractivity contribution in [3.8, 4) is 0 Å². The van der Waals surface area contributed by atoms with Crippen LogP contribution in [0.4, 0.5) is 11.4 Å². The predicted octanol–water partition coefficient (Wildman–Crippen LogP) is 2.99. The molecule has 0 heterocycles. The van der Waals surface area contributed by atoms with Crippen molar-refractivity contribution < 1.29 is 4.79 Å². The van der Waals surface area contributed by atoms with Crippen LogP contribution in [0.5, 0.6) is 0 Å². The third-order valence-corrected chi connectivity index (χ3v) is 5.88. The van der Waals surface area contributed by atoms with Crippen LogP contribution in [0.1, 0.15) is 50.4 Å². The molecule has 0 aliphatic heterocycles. The number of nitrogen functional groups attached to an aromatic ring is 1. The van der Waals surface area contributed by atoms with Crippen molar-refractivity contribution in [1.29, 1.82) is 0 Å². The molecular formula is C17H25N3O. The highest BCUT2D eigenvalue weighted by molar-refractivity contribution is 5.99. The highest BCUT2D eigenvalue weighted by Crippen LogP contribution is 2.63. The molecule has 21 heavy (non-hydrogen) atoms. The molecule has 2 aliphatic rings. The Morgan fingerprint density at radius 2 is 2.05 bits per heavy atom. The van der Waals surface area contributed by atoms with Gasteiger partial charge in [0, 0.05) is 17.4 Å². The number of primary amides is 1. The SMILES string of the molecule is CC12CCC(C1)C(C)(C)C2Nc1cc(N)ccc1C(N)=O. The maximum atomic E-state index is 11.6. The molecule has 1 aromatic rings. The third kappa shape index (κ3) is 2.08. The van der Waals surface area contributed by atoms with Gasteiger partial charge in [0.05, 0.1) is 5.56 Å². The highest BCUT2D eigenvalue weighted by atomic mass is 16.1. The van der Waals surface area contributed by atoms with Crippen molar-refractivity contribution >= 4 is 17.3 Å². The summed E-state index contributed by atoms with van der Waals surface area (Å²) in [6.07, 6.45) is 3.81. The molecule has 114 valence electrons. The molecule has 2 saturated carbocycles. The van der Waals surface area contributed by atoms with Crippen molar-refractivity contribution in [2.24, 2.45) is 22.5 Å². The molecule has 1 aromatic carbocycles. The Morgan fingerprint density at radius 3 is 2.62 bits per heavy atom. The van der Waals surface area contributed by atoms with E-state index in [9.17, 15) is 4.79 Å². The molecule has 5 N–H and O–H groups in total. The largest absolute Gasteiger partial charge is 0.399 e. The average Bonchev–Trinajstić information content (AvgIpc) is 2.85. The number of rotatable bonds is 3. The van der Waals surface area contributed by atoms with Gasteiger partial charge in [-0.1, -0.05) is 20.8 Å². The number of fused-ring (bicyclic) bond motifs is 2. The van der Waals surface area contributed by atoms with Gasteiger partial charge in [0.25, 0.3) is 5.91 Å². The molecule has 4 nitrogen and oxygen atoms in total. The third-order valence-electron chi connectivity index (χ3n) is 5.88. The predicted molar refractivity (Wildman–Crippen MR) is 86.0 cm³/mol. The Morgan fingerprint density at radius 1 is 1.33 bits per heavy atom. The second-order valence-electron chi connectivity index (χ2n) is 7.66. The normalized spacial score (nSPS) is 33.1. The number of amides is 1. The van der Waals surface area contributed by atoms with Crippen LogP contribution in [-0.4, -0.2) is 11.9 Å². The van der Waals surface area contributed by atoms with Gasteiger partial charge in [-0.2, -0.15) is 0 Å². The molecule has 4 heteroatoms. The molecule has 2 aliphatic carbocycles. The van der Waals surface area contributed by atoms with E-state index in [-0.39, 0.29) is 10.8 Å². The summed E-state index contributed by atoms with van der Waals surface area (Å²) in [5, 5.41) is 3.61. The van der Waals surface area contributed by atoms with E-state index < -0.39 is 5.91 Å². The number of hydrogen-bond donors (Lipinski definition) is 3. The molecule has 2 bridgehead atoms. The zero-order valence-corrected chi connectivity index (χ0v) is 13.1. The molecule has 0 spiro atoms. The Kier molecular flexibility index (Phi) is 2.98. The Balaban J connectivity index is 1.97. The van der Waals surface area contributed by atoms with E-state index in [1.807, 2.05) is 6.07 Å². The lowest BCUT2D eigenvalue weighted by Gasteiger charge is -2.44. The number of anilines is 2. The topological polar surface area (TPSA) is 81.1 Å². The minimum Gasteiger partial charge on any atom is -0.399 e. The fourth-order valence-corrected chi connectivity index (χ4v) is 4.71. The van der Waals surface area contributed by atoms with Crippen LogP contribution in [-0.2, 0) is 0 Å². The number of nitrogens with one attached hydrogen (secondary N) is 1. The summed E-state index contributed by atoms with van der Waals surface area (Å²) in [5.41, 5.74) is 13.8. The van der Waals surface area contributed by atoms with Crippen molar-refractivity contribution in [3.63, 3.8) is 0 Å². The first kappa shape index (κ1) is 14.2. The number of benzene rings is 1. The van der Waals surface area contributed by atoms with Crippen LogP contribution < -0.4 is 16.8 Å². The van der Waals surface area contributed by atoms with E-state index in [2.05, 4.69) is 26.1 Å². The smallest absolute Gasteiger partial charge is 0.250 e. The first-order valence-corrected chi connectivity index (χ1v) is 7.70. The van der Waals surface area contributed by atoms with Crippen LogP contribution in [0.2, 0.25) is 0 Å². The van der Waals surface area contributed by atoms with Crippen molar-refractivity contribution in [1.82, 2.24) is 0 Å². The maximum absolute atomic E-state index is 11.6. The summed E-state index contributed by atoms with van der Waals surface area (Å²) >= 11 is 0. The van der Waals surface area contributed by atoms with Gasteiger partial charge in [0.15, 0.2) is 0 Å². The van der Waals surface area contributed by atoms with Crippen molar-refractivity contribution in [2.45, 2.75) is 46.1 Å². The fraction of sp³-hybridized carbons (Fsp3) is 0.588. The van der Waals surface area contributed by atoms with E-state index in [1.54, 1.807) is 12.1 Å².